The zero-order valence-electron chi connectivity index (χ0n) is 20.1. The van der Waals surface area contributed by atoms with Crippen molar-refractivity contribution in [3.63, 3.8) is 0 Å². The van der Waals surface area contributed by atoms with Crippen molar-refractivity contribution in [3.8, 4) is 17.3 Å². The summed E-state index contributed by atoms with van der Waals surface area (Å²) in [6.07, 6.45) is 4.05. The lowest BCUT2D eigenvalue weighted by Crippen LogP contribution is -2.37. The summed E-state index contributed by atoms with van der Waals surface area (Å²) in [5.41, 5.74) is 1.29. The van der Waals surface area contributed by atoms with Crippen molar-refractivity contribution in [1.82, 2.24) is 35.4 Å². The summed E-state index contributed by atoms with van der Waals surface area (Å²) >= 11 is 0. The number of halogens is 1. The third-order valence-corrected chi connectivity index (χ3v) is 6.12. The van der Waals surface area contributed by atoms with E-state index in [4.69, 9.17) is 9.84 Å². The predicted molar refractivity (Wildman–Crippen MR) is 127 cm³/mol. The van der Waals surface area contributed by atoms with Crippen molar-refractivity contribution in [3.05, 3.63) is 53.5 Å². The van der Waals surface area contributed by atoms with E-state index < -0.39 is 17.8 Å². The molecule has 1 aromatic carbocycles. The van der Waals surface area contributed by atoms with Crippen molar-refractivity contribution in [1.29, 1.82) is 0 Å². The lowest BCUT2D eigenvalue weighted by molar-refractivity contribution is 0.0945. The van der Waals surface area contributed by atoms with Crippen LogP contribution in [0.2, 0.25) is 0 Å². The number of methoxy groups -OCH3 is 1. The van der Waals surface area contributed by atoms with Crippen LogP contribution in [-0.2, 0) is 13.1 Å². The maximum Gasteiger partial charge on any atom is 0.404 e. The summed E-state index contributed by atoms with van der Waals surface area (Å²) in [5, 5.41) is 18.7. The molecule has 3 aromatic rings. The van der Waals surface area contributed by atoms with E-state index in [9.17, 15) is 14.0 Å². The number of aryl methyl sites for hydroxylation is 1. The van der Waals surface area contributed by atoms with Gasteiger partial charge < -0.3 is 20.5 Å². The van der Waals surface area contributed by atoms with Crippen LogP contribution in [0.1, 0.15) is 47.6 Å². The van der Waals surface area contributed by atoms with Gasteiger partial charge in [-0.2, -0.15) is 0 Å². The number of ether oxygens (including phenoxy) is 1. The van der Waals surface area contributed by atoms with E-state index in [0.29, 0.717) is 35.4 Å². The first-order valence-corrected chi connectivity index (χ1v) is 11.7. The van der Waals surface area contributed by atoms with Crippen molar-refractivity contribution < 1.29 is 23.8 Å². The van der Waals surface area contributed by atoms with Gasteiger partial charge in [-0.1, -0.05) is 6.07 Å². The minimum Gasteiger partial charge on any atom is -0.494 e. The summed E-state index contributed by atoms with van der Waals surface area (Å²) in [5.74, 6) is 0.397. The van der Waals surface area contributed by atoms with E-state index in [2.05, 4.69) is 30.7 Å². The zero-order valence-corrected chi connectivity index (χ0v) is 20.1. The molecule has 3 N–H and O–H groups in total. The Kier molecular flexibility index (Phi) is 7.71. The van der Waals surface area contributed by atoms with Crippen LogP contribution in [-0.4, -0.2) is 55.0 Å². The first kappa shape index (κ1) is 25.0. The third kappa shape index (κ3) is 6.32. The zero-order chi connectivity index (χ0) is 25.7. The number of nitrogens with one attached hydrogen (secondary N) is 2. The second kappa shape index (κ2) is 11.1. The first-order valence-electron chi connectivity index (χ1n) is 11.7. The second-order valence-electron chi connectivity index (χ2n) is 8.79. The fourth-order valence-corrected chi connectivity index (χ4v) is 4.31. The molecule has 0 bridgehead atoms. The van der Waals surface area contributed by atoms with Crippen molar-refractivity contribution >= 4 is 12.0 Å². The average Bonchev–Trinajstić information content (AvgIpc) is 3.32. The molecule has 0 aliphatic heterocycles. The van der Waals surface area contributed by atoms with E-state index in [1.165, 1.54) is 25.3 Å². The average molecular weight is 498 g/mol. The van der Waals surface area contributed by atoms with Gasteiger partial charge >= 0.3 is 6.09 Å². The van der Waals surface area contributed by atoms with Crippen LogP contribution >= 0.6 is 0 Å². The van der Waals surface area contributed by atoms with Gasteiger partial charge in [0.15, 0.2) is 17.4 Å². The Morgan fingerprint density at radius 2 is 1.97 bits per heavy atom. The lowest BCUT2D eigenvalue weighted by Gasteiger charge is -2.28. The molecule has 36 heavy (non-hydrogen) atoms. The maximum absolute atomic E-state index is 13.6. The minimum atomic E-state index is -0.983. The van der Waals surface area contributed by atoms with Gasteiger partial charge in [-0.25, -0.2) is 24.1 Å². The van der Waals surface area contributed by atoms with Gasteiger partial charge in [0, 0.05) is 19.1 Å². The number of carboxylic acid groups (broad SMARTS) is 1. The molecule has 4 rings (SSSR count). The maximum atomic E-state index is 13.6. The molecule has 1 aliphatic carbocycles. The molecule has 0 spiro atoms. The first-order chi connectivity index (χ1) is 17.3. The molecular formula is C24H28FN7O4. The SMILES string of the molecule is COc1cc(CNC(=O)c2cc(-c3ncn(CC4CCC(NC(=O)O)CC4)n3)nc(C)n2)ccc1F. The smallest absolute Gasteiger partial charge is 0.404 e. The van der Waals surface area contributed by atoms with Gasteiger partial charge in [0.2, 0.25) is 0 Å². The monoisotopic (exact) mass is 497 g/mol. The molecule has 11 nitrogen and oxygen atoms in total. The fraction of sp³-hybridized carbons (Fsp3) is 0.417. The number of aromatic nitrogens is 5. The molecule has 0 atom stereocenters. The Bertz CT molecular complexity index is 1240. The van der Waals surface area contributed by atoms with Gasteiger partial charge in [-0.05, 0) is 62.3 Å². The Labute approximate surface area is 207 Å². The van der Waals surface area contributed by atoms with Crippen LogP contribution in [0.4, 0.5) is 9.18 Å². The summed E-state index contributed by atoms with van der Waals surface area (Å²) in [6, 6.07) is 5.92. The van der Waals surface area contributed by atoms with Crippen LogP contribution in [0.15, 0.2) is 30.6 Å². The van der Waals surface area contributed by atoms with Gasteiger partial charge in [0.05, 0.1) is 7.11 Å². The molecule has 1 fully saturated rings. The number of hydrogen-bond donors (Lipinski definition) is 3. The number of benzene rings is 1. The highest BCUT2D eigenvalue weighted by atomic mass is 19.1. The number of carbonyl (C=O) groups is 2. The standard InChI is InChI=1S/C24H28FN7O4/c1-14-28-19(10-20(29-14)23(33)26-11-16-5-8-18(25)21(9-16)36-2)22-27-13-32(31-22)12-15-3-6-17(7-4-15)30-24(34)35/h5,8-10,13,15,17,30H,3-4,6-7,11-12H2,1-2H3,(H,26,33)(H,34,35). The second-order valence-corrected chi connectivity index (χ2v) is 8.79. The van der Waals surface area contributed by atoms with E-state index in [1.54, 1.807) is 24.0 Å². The number of amides is 2. The summed E-state index contributed by atoms with van der Waals surface area (Å²) in [7, 11) is 1.38. The van der Waals surface area contributed by atoms with E-state index >= 15 is 0 Å². The summed E-state index contributed by atoms with van der Waals surface area (Å²) in [4.78, 5) is 36.5. The molecule has 1 saturated carbocycles. The van der Waals surface area contributed by atoms with Gasteiger partial charge in [-0.3, -0.25) is 9.48 Å². The molecule has 0 radical (unpaired) electrons. The topological polar surface area (TPSA) is 144 Å². The van der Waals surface area contributed by atoms with Gasteiger partial charge in [0.25, 0.3) is 5.91 Å². The molecule has 190 valence electrons. The lowest BCUT2D eigenvalue weighted by atomic mass is 9.86. The number of rotatable bonds is 8. The fourth-order valence-electron chi connectivity index (χ4n) is 4.31. The summed E-state index contributed by atoms with van der Waals surface area (Å²) < 4.78 is 20.3. The Morgan fingerprint density at radius 3 is 2.69 bits per heavy atom. The molecule has 0 unspecified atom stereocenters. The molecule has 0 saturated heterocycles. The van der Waals surface area contributed by atoms with Gasteiger partial charge in [-0.15, -0.1) is 5.10 Å². The quantitative estimate of drug-likeness (QED) is 0.431. The highest BCUT2D eigenvalue weighted by molar-refractivity contribution is 5.93. The van der Waals surface area contributed by atoms with E-state index in [1.807, 2.05) is 0 Å². The molecule has 2 heterocycles. The molecule has 2 amide bonds. The van der Waals surface area contributed by atoms with Crippen molar-refractivity contribution in [2.24, 2.45) is 5.92 Å². The number of carbonyl (C=O) groups excluding carboxylic acids is 1. The normalized spacial score (nSPS) is 17.4. The number of nitrogens with zero attached hydrogens (tertiary/aromatic N) is 5. The predicted octanol–water partition coefficient (Wildman–Crippen LogP) is 2.95. The largest absolute Gasteiger partial charge is 0.494 e. The minimum absolute atomic E-state index is 0.00343. The molecule has 12 heteroatoms. The van der Waals surface area contributed by atoms with Crippen LogP contribution in [0.5, 0.6) is 5.75 Å². The van der Waals surface area contributed by atoms with Crippen molar-refractivity contribution in [2.75, 3.05) is 7.11 Å². The Balaban J connectivity index is 1.38. The van der Waals surface area contributed by atoms with Crippen LogP contribution in [0, 0.1) is 18.7 Å². The van der Waals surface area contributed by atoms with Crippen LogP contribution < -0.4 is 15.4 Å². The Hall–Kier alpha value is -4.09. The molecule has 1 aliphatic rings. The third-order valence-electron chi connectivity index (χ3n) is 6.12. The van der Waals surface area contributed by atoms with E-state index in [-0.39, 0.29) is 24.0 Å². The summed E-state index contributed by atoms with van der Waals surface area (Å²) in [6.45, 7) is 2.53. The van der Waals surface area contributed by atoms with Crippen LogP contribution in [0.25, 0.3) is 11.5 Å². The van der Waals surface area contributed by atoms with E-state index in [0.717, 1.165) is 25.7 Å². The van der Waals surface area contributed by atoms with Crippen molar-refractivity contribution in [2.45, 2.75) is 51.7 Å². The number of hydrogen-bond acceptors (Lipinski definition) is 7. The Morgan fingerprint density at radius 1 is 1.19 bits per heavy atom. The van der Waals surface area contributed by atoms with Crippen LogP contribution in [0.3, 0.4) is 0 Å². The highest BCUT2D eigenvalue weighted by Gasteiger charge is 2.23. The highest BCUT2D eigenvalue weighted by Crippen LogP contribution is 2.26. The molecule has 2 aromatic heterocycles. The molecular weight excluding hydrogens is 469 g/mol. The van der Waals surface area contributed by atoms with Gasteiger partial charge in [0.1, 0.15) is 23.5 Å².